The van der Waals surface area contributed by atoms with Gasteiger partial charge in [-0.25, -0.2) is 0 Å². The second kappa shape index (κ2) is 9.77. The SMILES string of the molecule is Clc1cccc(C(c2ccccc2Cl)N2CCC(NCc3ccccc3)CC2)c1. The van der Waals surface area contributed by atoms with Gasteiger partial charge in [0.05, 0.1) is 6.04 Å². The molecule has 0 aromatic heterocycles. The minimum absolute atomic E-state index is 0.123. The van der Waals surface area contributed by atoms with Crippen molar-refractivity contribution in [1.29, 1.82) is 0 Å². The second-order valence-corrected chi connectivity index (χ2v) is 8.50. The quantitative estimate of drug-likeness (QED) is 0.496. The monoisotopic (exact) mass is 424 g/mol. The number of nitrogens with one attached hydrogen (secondary N) is 1. The van der Waals surface area contributed by atoms with Crippen molar-refractivity contribution < 1.29 is 0 Å². The highest BCUT2D eigenvalue weighted by molar-refractivity contribution is 6.31. The topological polar surface area (TPSA) is 15.3 Å². The zero-order chi connectivity index (χ0) is 20.1. The predicted octanol–water partition coefficient (Wildman–Crippen LogP) is 6.34. The Morgan fingerprint density at radius 2 is 1.59 bits per heavy atom. The van der Waals surface area contributed by atoms with Crippen LogP contribution in [0.5, 0.6) is 0 Å². The second-order valence-electron chi connectivity index (χ2n) is 7.66. The molecule has 2 nitrogen and oxygen atoms in total. The number of rotatable bonds is 6. The summed E-state index contributed by atoms with van der Waals surface area (Å²) in [5, 5.41) is 5.29. The van der Waals surface area contributed by atoms with Crippen LogP contribution in [0, 0.1) is 0 Å². The molecule has 1 saturated heterocycles. The highest BCUT2D eigenvalue weighted by Gasteiger charge is 2.28. The first-order valence-electron chi connectivity index (χ1n) is 10.2. The van der Waals surface area contributed by atoms with Gasteiger partial charge in [-0.05, 0) is 47.7 Å². The maximum atomic E-state index is 6.60. The largest absolute Gasteiger partial charge is 0.310 e. The first-order chi connectivity index (χ1) is 14.2. The normalized spacial score (nSPS) is 16.6. The third kappa shape index (κ3) is 5.21. The molecule has 3 aromatic rings. The van der Waals surface area contributed by atoms with Crippen LogP contribution < -0.4 is 5.32 Å². The number of benzene rings is 3. The summed E-state index contributed by atoms with van der Waals surface area (Å²) in [7, 11) is 0. The van der Waals surface area contributed by atoms with Crippen molar-refractivity contribution >= 4 is 23.2 Å². The van der Waals surface area contributed by atoms with Gasteiger partial charge in [-0.1, -0.05) is 83.9 Å². The van der Waals surface area contributed by atoms with Crippen LogP contribution in [-0.4, -0.2) is 24.0 Å². The Morgan fingerprint density at radius 3 is 2.31 bits per heavy atom. The molecule has 1 aliphatic heterocycles. The zero-order valence-corrected chi connectivity index (χ0v) is 17.9. The fourth-order valence-electron chi connectivity index (χ4n) is 4.18. The summed E-state index contributed by atoms with van der Waals surface area (Å²) in [4.78, 5) is 2.54. The van der Waals surface area contributed by atoms with Crippen LogP contribution >= 0.6 is 23.2 Å². The lowest BCUT2D eigenvalue weighted by Crippen LogP contribution is -2.44. The maximum Gasteiger partial charge on any atom is 0.0617 e. The number of piperidine rings is 1. The van der Waals surface area contributed by atoms with E-state index in [1.807, 2.05) is 24.3 Å². The van der Waals surface area contributed by atoms with E-state index in [0.29, 0.717) is 6.04 Å². The summed E-state index contributed by atoms with van der Waals surface area (Å²) in [5.74, 6) is 0. The molecule has 0 bridgehead atoms. The Balaban J connectivity index is 1.47. The summed E-state index contributed by atoms with van der Waals surface area (Å²) < 4.78 is 0. The van der Waals surface area contributed by atoms with E-state index >= 15 is 0 Å². The standard InChI is InChI=1S/C25H26Cl2N2/c26-21-10-6-9-20(17-21)25(23-11-4-5-12-24(23)27)29-15-13-22(14-16-29)28-18-19-7-2-1-3-8-19/h1-12,17,22,25,28H,13-16,18H2. The van der Waals surface area contributed by atoms with Gasteiger partial charge in [0.2, 0.25) is 0 Å². The molecule has 1 unspecified atom stereocenters. The van der Waals surface area contributed by atoms with E-state index < -0.39 is 0 Å². The van der Waals surface area contributed by atoms with Crippen LogP contribution in [0.3, 0.4) is 0 Å². The average molecular weight is 425 g/mol. The molecule has 1 N–H and O–H groups in total. The minimum Gasteiger partial charge on any atom is -0.310 e. The summed E-state index contributed by atoms with van der Waals surface area (Å²) in [6.45, 7) is 2.97. The molecule has 0 radical (unpaired) electrons. The Kier molecular flexibility index (Phi) is 6.89. The van der Waals surface area contributed by atoms with Crippen LogP contribution in [0.25, 0.3) is 0 Å². The lowest BCUT2D eigenvalue weighted by atomic mass is 9.93. The van der Waals surface area contributed by atoms with Gasteiger partial charge >= 0.3 is 0 Å². The van der Waals surface area contributed by atoms with Crippen molar-refractivity contribution in [2.75, 3.05) is 13.1 Å². The molecule has 1 fully saturated rings. The molecule has 150 valence electrons. The van der Waals surface area contributed by atoms with Gasteiger partial charge in [0.1, 0.15) is 0 Å². The number of hydrogen-bond acceptors (Lipinski definition) is 2. The summed E-state index contributed by atoms with van der Waals surface area (Å²) in [6.07, 6.45) is 2.24. The molecular formula is C25H26Cl2N2. The van der Waals surface area contributed by atoms with Crippen molar-refractivity contribution in [3.05, 3.63) is 106 Å². The van der Waals surface area contributed by atoms with Crippen molar-refractivity contribution in [3.8, 4) is 0 Å². The number of hydrogen-bond donors (Lipinski definition) is 1. The molecule has 1 aliphatic rings. The molecule has 0 aliphatic carbocycles. The third-order valence-electron chi connectivity index (χ3n) is 5.70. The van der Waals surface area contributed by atoms with Gasteiger partial charge in [-0.3, -0.25) is 4.90 Å². The number of halogens is 2. The average Bonchev–Trinajstić information content (AvgIpc) is 2.76. The van der Waals surface area contributed by atoms with E-state index in [2.05, 4.69) is 64.8 Å². The zero-order valence-electron chi connectivity index (χ0n) is 16.4. The molecule has 1 atom stereocenters. The van der Waals surface area contributed by atoms with Crippen molar-refractivity contribution in [2.24, 2.45) is 0 Å². The first kappa shape index (κ1) is 20.4. The Bertz CT molecular complexity index is 921. The Hall–Kier alpha value is -1.84. The van der Waals surface area contributed by atoms with E-state index in [0.717, 1.165) is 48.1 Å². The van der Waals surface area contributed by atoms with Gasteiger partial charge in [0.25, 0.3) is 0 Å². The van der Waals surface area contributed by atoms with Gasteiger partial charge < -0.3 is 5.32 Å². The molecular weight excluding hydrogens is 399 g/mol. The highest BCUT2D eigenvalue weighted by Crippen LogP contribution is 2.35. The van der Waals surface area contributed by atoms with Crippen LogP contribution in [0.1, 0.15) is 35.6 Å². The van der Waals surface area contributed by atoms with Crippen molar-refractivity contribution in [3.63, 3.8) is 0 Å². The van der Waals surface area contributed by atoms with E-state index in [9.17, 15) is 0 Å². The lowest BCUT2D eigenvalue weighted by Gasteiger charge is -2.38. The highest BCUT2D eigenvalue weighted by atomic mass is 35.5. The Labute approximate surface area is 183 Å². The predicted molar refractivity (Wildman–Crippen MR) is 123 cm³/mol. The fourth-order valence-corrected chi connectivity index (χ4v) is 4.62. The molecule has 1 heterocycles. The van der Waals surface area contributed by atoms with Crippen LogP contribution in [0.4, 0.5) is 0 Å². The molecule has 0 amide bonds. The van der Waals surface area contributed by atoms with Crippen LogP contribution in [0.15, 0.2) is 78.9 Å². The van der Waals surface area contributed by atoms with Gasteiger partial charge in [0.15, 0.2) is 0 Å². The molecule has 3 aromatic carbocycles. The van der Waals surface area contributed by atoms with E-state index in [1.165, 1.54) is 11.1 Å². The lowest BCUT2D eigenvalue weighted by molar-refractivity contribution is 0.162. The summed E-state index contributed by atoms with van der Waals surface area (Å²) in [5.41, 5.74) is 3.68. The fraction of sp³-hybridized carbons (Fsp3) is 0.280. The van der Waals surface area contributed by atoms with Crippen molar-refractivity contribution in [1.82, 2.24) is 10.2 Å². The minimum atomic E-state index is 0.123. The maximum absolute atomic E-state index is 6.60. The van der Waals surface area contributed by atoms with Gasteiger partial charge in [-0.2, -0.15) is 0 Å². The Morgan fingerprint density at radius 1 is 0.862 bits per heavy atom. The van der Waals surface area contributed by atoms with E-state index in [1.54, 1.807) is 0 Å². The van der Waals surface area contributed by atoms with Crippen LogP contribution in [0.2, 0.25) is 10.0 Å². The third-order valence-corrected chi connectivity index (χ3v) is 6.28. The number of nitrogens with zero attached hydrogens (tertiary/aromatic N) is 1. The van der Waals surface area contributed by atoms with E-state index in [4.69, 9.17) is 23.2 Å². The molecule has 4 heteroatoms. The van der Waals surface area contributed by atoms with Crippen LogP contribution in [-0.2, 0) is 6.54 Å². The molecule has 29 heavy (non-hydrogen) atoms. The number of likely N-dealkylation sites (tertiary alicyclic amines) is 1. The summed E-state index contributed by atoms with van der Waals surface area (Å²) >= 11 is 12.9. The summed E-state index contributed by atoms with van der Waals surface area (Å²) in [6, 6.07) is 27.6. The molecule has 0 saturated carbocycles. The van der Waals surface area contributed by atoms with E-state index in [-0.39, 0.29) is 6.04 Å². The smallest absolute Gasteiger partial charge is 0.0617 e. The first-order valence-corrected chi connectivity index (χ1v) is 11.0. The molecule has 0 spiro atoms. The van der Waals surface area contributed by atoms with Gasteiger partial charge in [-0.15, -0.1) is 0 Å². The van der Waals surface area contributed by atoms with Gasteiger partial charge in [0, 0.05) is 35.7 Å². The molecule has 4 rings (SSSR count). The van der Waals surface area contributed by atoms with Crippen molar-refractivity contribution in [2.45, 2.75) is 31.5 Å².